The van der Waals surface area contributed by atoms with Crippen LogP contribution in [0, 0.1) is 5.92 Å². The highest BCUT2D eigenvalue weighted by Crippen LogP contribution is 2.34. The number of benzene rings is 2. The number of para-hydroxylation sites is 3. The molecule has 1 N–H and O–H groups in total. The quantitative estimate of drug-likeness (QED) is 0.291. The SMILES string of the molecule is COc1nc2ccccc2cc1-c1cnc([C@@H]2CN(CC3COC3)CCN2C(=O)Cn2c(C(F)(F)F)nc3ccccc32)[nH]1. The first-order valence-corrected chi connectivity index (χ1v) is 14.4. The third kappa shape index (κ3) is 5.26. The van der Waals surface area contributed by atoms with Gasteiger partial charge < -0.3 is 23.9 Å². The van der Waals surface area contributed by atoms with Gasteiger partial charge in [-0.1, -0.05) is 30.3 Å². The van der Waals surface area contributed by atoms with E-state index in [0.29, 0.717) is 61.7 Å². The second-order valence-electron chi connectivity index (χ2n) is 11.2. The second kappa shape index (κ2) is 11.2. The molecule has 5 heterocycles. The number of ether oxygens (including phenoxy) is 2. The van der Waals surface area contributed by atoms with Crippen molar-refractivity contribution in [2.75, 3.05) is 46.5 Å². The number of carbonyl (C=O) groups is 1. The lowest BCUT2D eigenvalue weighted by Crippen LogP contribution is -2.53. The normalized spacial score (nSPS) is 18.2. The van der Waals surface area contributed by atoms with Crippen LogP contribution in [0.1, 0.15) is 17.7 Å². The summed E-state index contributed by atoms with van der Waals surface area (Å²) in [4.78, 5) is 34.3. The van der Waals surface area contributed by atoms with Gasteiger partial charge in [-0.3, -0.25) is 9.69 Å². The average Bonchev–Trinajstić information content (AvgIpc) is 3.64. The molecule has 10 nitrogen and oxygen atoms in total. The van der Waals surface area contributed by atoms with Gasteiger partial charge in [-0.25, -0.2) is 15.0 Å². The third-order valence-corrected chi connectivity index (χ3v) is 8.29. The highest BCUT2D eigenvalue weighted by atomic mass is 19.4. The number of rotatable bonds is 7. The maximum absolute atomic E-state index is 14.0. The summed E-state index contributed by atoms with van der Waals surface area (Å²) in [5.74, 6) is -0.176. The Labute approximate surface area is 250 Å². The first-order valence-electron chi connectivity index (χ1n) is 14.4. The van der Waals surface area contributed by atoms with Crippen LogP contribution in [0.2, 0.25) is 0 Å². The minimum atomic E-state index is -4.72. The molecular formula is C31H30F3N7O3. The van der Waals surface area contributed by atoms with Crippen molar-refractivity contribution in [1.29, 1.82) is 0 Å². The van der Waals surface area contributed by atoms with E-state index in [1.165, 1.54) is 6.07 Å². The lowest BCUT2D eigenvalue weighted by molar-refractivity contribution is -0.149. The molecule has 3 aromatic heterocycles. The van der Waals surface area contributed by atoms with Gasteiger partial charge in [0.15, 0.2) is 0 Å². The standard InChI is InChI=1S/C31H30F3N7O3/c1-43-29-21(12-20-6-2-3-7-22(20)37-29)24-13-35-28(36-24)26-15-39(14-19-17-44-18-19)10-11-40(26)27(42)16-41-25-9-5-4-8-23(25)38-30(41)31(32,33)34/h2-9,12-13,19,26H,10-11,14-18H2,1H3,(H,35,36)/t26-/m0/s1. The van der Waals surface area contributed by atoms with Gasteiger partial charge in [-0.15, -0.1) is 0 Å². The molecule has 7 rings (SSSR count). The van der Waals surface area contributed by atoms with Crippen LogP contribution in [0.5, 0.6) is 5.88 Å². The Morgan fingerprint density at radius 1 is 1.07 bits per heavy atom. The van der Waals surface area contributed by atoms with Crippen molar-refractivity contribution >= 4 is 27.8 Å². The molecule has 13 heteroatoms. The topological polar surface area (TPSA) is 101 Å². The minimum Gasteiger partial charge on any atom is -0.480 e. The molecular weight excluding hydrogens is 575 g/mol. The molecule has 2 aliphatic rings. The lowest BCUT2D eigenvalue weighted by atomic mass is 10.1. The van der Waals surface area contributed by atoms with Gasteiger partial charge in [-0.05, 0) is 24.3 Å². The molecule has 1 amide bonds. The Hall–Kier alpha value is -4.49. The van der Waals surface area contributed by atoms with Crippen molar-refractivity contribution in [3.05, 3.63) is 72.4 Å². The molecule has 0 saturated carbocycles. The van der Waals surface area contributed by atoms with E-state index in [1.54, 1.807) is 36.4 Å². The zero-order valence-electron chi connectivity index (χ0n) is 23.9. The van der Waals surface area contributed by atoms with Gasteiger partial charge in [-0.2, -0.15) is 13.2 Å². The number of amides is 1. The summed E-state index contributed by atoms with van der Waals surface area (Å²) in [6.07, 6.45) is -3.04. The van der Waals surface area contributed by atoms with E-state index in [4.69, 9.17) is 9.47 Å². The molecule has 1 atom stereocenters. The maximum Gasteiger partial charge on any atom is 0.449 e. The Morgan fingerprint density at radius 3 is 2.59 bits per heavy atom. The van der Waals surface area contributed by atoms with E-state index in [2.05, 4.69) is 24.8 Å². The van der Waals surface area contributed by atoms with Crippen molar-refractivity contribution in [3.63, 3.8) is 0 Å². The predicted octanol–water partition coefficient (Wildman–Crippen LogP) is 4.53. The van der Waals surface area contributed by atoms with E-state index in [-0.39, 0.29) is 11.0 Å². The van der Waals surface area contributed by atoms with Gasteiger partial charge in [0.05, 0.1) is 54.3 Å². The number of fused-ring (bicyclic) bond motifs is 2. The summed E-state index contributed by atoms with van der Waals surface area (Å²) >= 11 is 0. The monoisotopic (exact) mass is 605 g/mol. The van der Waals surface area contributed by atoms with Crippen LogP contribution in [0.3, 0.4) is 0 Å². The van der Waals surface area contributed by atoms with E-state index in [0.717, 1.165) is 22.0 Å². The summed E-state index contributed by atoms with van der Waals surface area (Å²) in [5, 5.41) is 0.927. The van der Waals surface area contributed by atoms with Crippen LogP contribution in [0.4, 0.5) is 13.2 Å². The van der Waals surface area contributed by atoms with E-state index < -0.39 is 30.5 Å². The minimum absolute atomic E-state index is 0.185. The first kappa shape index (κ1) is 28.3. The number of hydrogen-bond donors (Lipinski definition) is 1. The lowest BCUT2D eigenvalue weighted by Gasteiger charge is -2.42. The van der Waals surface area contributed by atoms with Crippen LogP contribution in [-0.2, 0) is 22.3 Å². The Morgan fingerprint density at radius 2 is 1.84 bits per heavy atom. The molecule has 228 valence electrons. The van der Waals surface area contributed by atoms with Gasteiger partial charge >= 0.3 is 6.18 Å². The van der Waals surface area contributed by atoms with Crippen LogP contribution >= 0.6 is 0 Å². The first-order chi connectivity index (χ1) is 21.3. The number of halogens is 3. The van der Waals surface area contributed by atoms with Crippen molar-refractivity contribution in [2.45, 2.75) is 18.8 Å². The van der Waals surface area contributed by atoms with Crippen LogP contribution < -0.4 is 4.74 Å². The van der Waals surface area contributed by atoms with Gasteiger partial charge in [0.1, 0.15) is 18.4 Å². The maximum atomic E-state index is 14.0. The Bertz CT molecular complexity index is 1830. The predicted molar refractivity (Wildman–Crippen MR) is 156 cm³/mol. The molecule has 2 fully saturated rings. The summed E-state index contributed by atoms with van der Waals surface area (Å²) in [6.45, 7) is 3.08. The number of aromatic amines is 1. The van der Waals surface area contributed by atoms with E-state index >= 15 is 0 Å². The molecule has 2 saturated heterocycles. The molecule has 0 bridgehead atoms. The van der Waals surface area contributed by atoms with Crippen LogP contribution in [-0.4, -0.2) is 86.7 Å². The van der Waals surface area contributed by atoms with Gasteiger partial charge in [0, 0.05) is 37.5 Å². The highest BCUT2D eigenvalue weighted by molar-refractivity contribution is 5.85. The number of pyridine rings is 1. The fourth-order valence-corrected chi connectivity index (χ4v) is 6.06. The largest absolute Gasteiger partial charge is 0.480 e. The highest BCUT2D eigenvalue weighted by Gasteiger charge is 2.40. The van der Waals surface area contributed by atoms with Crippen molar-refractivity contribution in [2.24, 2.45) is 5.92 Å². The molecule has 5 aromatic rings. The van der Waals surface area contributed by atoms with E-state index in [1.807, 2.05) is 30.3 Å². The molecule has 44 heavy (non-hydrogen) atoms. The van der Waals surface area contributed by atoms with Crippen molar-refractivity contribution in [1.82, 2.24) is 34.3 Å². The Kier molecular flexibility index (Phi) is 7.21. The fourth-order valence-electron chi connectivity index (χ4n) is 6.06. The number of nitrogens with one attached hydrogen (secondary N) is 1. The Balaban J connectivity index is 1.22. The van der Waals surface area contributed by atoms with Gasteiger partial charge in [0.25, 0.3) is 0 Å². The summed E-state index contributed by atoms with van der Waals surface area (Å²) in [7, 11) is 1.55. The second-order valence-corrected chi connectivity index (χ2v) is 11.2. The molecule has 0 radical (unpaired) electrons. The molecule has 2 aromatic carbocycles. The molecule has 0 aliphatic carbocycles. The van der Waals surface area contributed by atoms with Crippen LogP contribution in [0.15, 0.2) is 60.8 Å². The third-order valence-electron chi connectivity index (χ3n) is 8.29. The smallest absolute Gasteiger partial charge is 0.449 e. The van der Waals surface area contributed by atoms with Gasteiger partial charge in [0.2, 0.25) is 17.6 Å². The van der Waals surface area contributed by atoms with Crippen molar-refractivity contribution in [3.8, 4) is 17.1 Å². The number of imidazole rings is 2. The number of nitrogens with zero attached hydrogens (tertiary/aromatic N) is 6. The number of aromatic nitrogens is 5. The number of H-pyrrole nitrogens is 1. The fraction of sp³-hybridized carbons (Fsp3) is 0.355. The molecule has 0 spiro atoms. The molecule has 2 aliphatic heterocycles. The zero-order chi connectivity index (χ0) is 30.4. The number of carbonyl (C=O) groups excluding carboxylic acids is 1. The number of methoxy groups -OCH3 is 1. The number of hydrogen-bond acceptors (Lipinski definition) is 7. The number of alkyl halides is 3. The van der Waals surface area contributed by atoms with E-state index in [9.17, 15) is 18.0 Å². The average molecular weight is 606 g/mol. The zero-order valence-corrected chi connectivity index (χ0v) is 23.9. The summed E-state index contributed by atoms with van der Waals surface area (Å²) in [5.41, 5.74) is 2.60. The molecule has 0 unspecified atom stereocenters. The van der Waals surface area contributed by atoms with Crippen molar-refractivity contribution < 1.29 is 27.4 Å². The number of piperazine rings is 1. The summed E-state index contributed by atoms with van der Waals surface area (Å²) in [6, 6.07) is 15.5. The van der Waals surface area contributed by atoms with Crippen LogP contribution in [0.25, 0.3) is 33.2 Å². The summed E-state index contributed by atoms with van der Waals surface area (Å²) < 4.78 is 53.9.